The lowest BCUT2D eigenvalue weighted by Crippen LogP contribution is -2.23. The van der Waals surface area contributed by atoms with Crippen LogP contribution in [0.1, 0.15) is 24.0 Å². The zero-order valence-electron chi connectivity index (χ0n) is 8.17. The first-order valence-electron chi connectivity index (χ1n) is 4.66. The van der Waals surface area contributed by atoms with E-state index in [2.05, 4.69) is 0 Å². The molecule has 1 saturated carbocycles. The molecule has 1 aromatic rings. The highest BCUT2D eigenvalue weighted by atomic mass is 19.4. The monoisotopic (exact) mass is 233 g/mol. The predicted molar refractivity (Wildman–Crippen MR) is 49.9 cm³/mol. The molecule has 0 amide bonds. The zero-order valence-corrected chi connectivity index (χ0v) is 8.17. The van der Waals surface area contributed by atoms with E-state index in [0.717, 1.165) is 6.07 Å². The molecule has 1 aromatic carbocycles. The van der Waals surface area contributed by atoms with Gasteiger partial charge in [0.2, 0.25) is 0 Å². The summed E-state index contributed by atoms with van der Waals surface area (Å²) in [5.41, 5.74) is 3.53. The van der Waals surface area contributed by atoms with Crippen molar-refractivity contribution in [2.24, 2.45) is 5.73 Å². The Morgan fingerprint density at radius 1 is 1.12 bits per heavy atom. The number of phenolic OH excluding ortho intramolecular Hbond substituents is 2. The molecule has 3 nitrogen and oxygen atoms in total. The van der Waals surface area contributed by atoms with Gasteiger partial charge < -0.3 is 15.9 Å². The van der Waals surface area contributed by atoms with E-state index in [0.29, 0.717) is 18.9 Å². The van der Waals surface area contributed by atoms with Crippen molar-refractivity contribution in [1.29, 1.82) is 0 Å². The minimum absolute atomic E-state index is 0.157. The molecule has 16 heavy (non-hydrogen) atoms. The average Bonchev–Trinajstić information content (AvgIpc) is 2.87. The maximum atomic E-state index is 12.7. The largest absolute Gasteiger partial charge is 0.504 e. The van der Waals surface area contributed by atoms with Crippen LogP contribution >= 0.6 is 0 Å². The van der Waals surface area contributed by atoms with Gasteiger partial charge in [0, 0.05) is 5.54 Å². The summed E-state index contributed by atoms with van der Waals surface area (Å²) >= 11 is 0. The van der Waals surface area contributed by atoms with Gasteiger partial charge in [0.1, 0.15) is 0 Å². The summed E-state index contributed by atoms with van der Waals surface area (Å²) in [4.78, 5) is 0. The highest BCUT2D eigenvalue weighted by molar-refractivity contribution is 5.50. The van der Waals surface area contributed by atoms with Gasteiger partial charge in [0.15, 0.2) is 11.5 Å². The van der Waals surface area contributed by atoms with Crippen molar-refractivity contribution in [1.82, 2.24) is 0 Å². The van der Waals surface area contributed by atoms with Gasteiger partial charge in [-0.1, -0.05) is 0 Å². The van der Waals surface area contributed by atoms with Crippen LogP contribution in [0.3, 0.4) is 0 Å². The van der Waals surface area contributed by atoms with Crippen LogP contribution in [-0.2, 0) is 11.7 Å². The summed E-state index contributed by atoms with van der Waals surface area (Å²) in [5, 5.41) is 18.3. The van der Waals surface area contributed by atoms with Crippen molar-refractivity contribution in [2.45, 2.75) is 24.6 Å². The lowest BCUT2D eigenvalue weighted by Gasteiger charge is -2.18. The van der Waals surface area contributed by atoms with Crippen molar-refractivity contribution in [2.75, 3.05) is 0 Å². The lowest BCUT2D eigenvalue weighted by atomic mass is 9.97. The third-order valence-electron chi connectivity index (χ3n) is 2.75. The summed E-state index contributed by atoms with van der Waals surface area (Å²) in [6.45, 7) is 0. The van der Waals surface area contributed by atoms with Crippen LogP contribution in [0, 0.1) is 0 Å². The second-order valence-corrected chi connectivity index (χ2v) is 4.04. The standard InChI is InChI=1S/C10H10F3NO2/c11-10(12,13)6-4-8(16)7(15)3-5(6)9(14)1-2-9/h3-4,15-16H,1-2,14H2. The molecule has 0 heterocycles. The molecular formula is C10H10F3NO2. The van der Waals surface area contributed by atoms with E-state index in [1.54, 1.807) is 0 Å². The SMILES string of the molecule is NC1(c2cc(O)c(O)cc2C(F)(F)F)CC1. The van der Waals surface area contributed by atoms with Crippen LogP contribution in [0.2, 0.25) is 0 Å². The van der Waals surface area contributed by atoms with Gasteiger partial charge in [0.25, 0.3) is 0 Å². The molecule has 0 aliphatic heterocycles. The molecule has 0 spiro atoms. The molecule has 0 bridgehead atoms. The van der Waals surface area contributed by atoms with Gasteiger partial charge in [-0.2, -0.15) is 13.2 Å². The van der Waals surface area contributed by atoms with Crippen molar-refractivity contribution in [3.8, 4) is 11.5 Å². The number of aromatic hydroxyl groups is 2. The number of nitrogens with two attached hydrogens (primary N) is 1. The molecule has 1 aliphatic rings. The first-order valence-corrected chi connectivity index (χ1v) is 4.66. The number of hydrogen-bond acceptors (Lipinski definition) is 3. The summed E-state index contributed by atoms with van der Waals surface area (Å²) in [7, 11) is 0. The fraction of sp³-hybridized carbons (Fsp3) is 0.400. The zero-order chi connectivity index (χ0) is 12.1. The molecule has 6 heteroatoms. The van der Waals surface area contributed by atoms with Gasteiger partial charge in [-0.05, 0) is 30.5 Å². The van der Waals surface area contributed by atoms with Gasteiger partial charge in [-0.3, -0.25) is 0 Å². The van der Waals surface area contributed by atoms with Crippen LogP contribution in [0.4, 0.5) is 13.2 Å². The maximum Gasteiger partial charge on any atom is 0.416 e. The van der Waals surface area contributed by atoms with Gasteiger partial charge >= 0.3 is 6.18 Å². The molecule has 1 aliphatic carbocycles. The highest BCUT2D eigenvalue weighted by Gasteiger charge is 2.47. The Balaban J connectivity index is 2.62. The van der Waals surface area contributed by atoms with Crippen LogP contribution in [0.5, 0.6) is 11.5 Å². The molecule has 2 rings (SSSR count). The van der Waals surface area contributed by atoms with E-state index in [9.17, 15) is 18.3 Å². The second kappa shape index (κ2) is 3.04. The molecule has 0 unspecified atom stereocenters. The van der Waals surface area contributed by atoms with Gasteiger partial charge in [-0.25, -0.2) is 0 Å². The average molecular weight is 233 g/mol. The summed E-state index contributed by atoms with van der Waals surface area (Å²) in [6.07, 6.45) is -3.70. The minimum atomic E-state index is -4.59. The third-order valence-corrected chi connectivity index (χ3v) is 2.75. The molecule has 0 radical (unpaired) electrons. The quantitative estimate of drug-likeness (QED) is 0.650. The fourth-order valence-electron chi connectivity index (χ4n) is 1.63. The Bertz CT molecular complexity index is 408. The first-order chi connectivity index (χ1) is 7.24. The van der Waals surface area contributed by atoms with E-state index in [-0.39, 0.29) is 5.56 Å². The summed E-state index contributed by atoms with van der Waals surface area (Å²) in [6, 6.07) is 1.41. The van der Waals surface area contributed by atoms with E-state index in [1.807, 2.05) is 0 Å². The van der Waals surface area contributed by atoms with Crippen LogP contribution in [-0.4, -0.2) is 10.2 Å². The predicted octanol–water partition coefficient (Wildman–Crippen LogP) is 2.06. The smallest absolute Gasteiger partial charge is 0.416 e. The number of rotatable bonds is 1. The molecule has 0 atom stereocenters. The fourth-order valence-corrected chi connectivity index (χ4v) is 1.63. The second-order valence-electron chi connectivity index (χ2n) is 4.04. The van der Waals surface area contributed by atoms with E-state index in [4.69, 9.17) is 10.8 Å². The minimum Gasteiger partial charge on any atom is -0.504 e. The normalized spacial score (nSPS) is 18.5. The van der Waals surface area contributed by atoms with Crippen LogP contribution in [0.25, 0.3) is 0 Å². The Kier molecular flexibility index (Phi) is 2.10. The number of phenols is 2. The first kappa shape index (κ1) is 11.1. The van der Waals surface area contributed by atoms with E-state index >= 15 is 0 Å². The Labute approximate surface area is 89.3 Å². The topological polar surface area (TPSA) is 66.5 Å². The summed E-state index contributed by atoms with van der Waals surface area (Å²) < 4.78 is 38.0. The van der Waals surface area contributed by atoms with Crippen molar-refractivity contribution >= 4 is 0 Å². The summed E-state index contributed by atoms with van der Waals surface area (Å²) in [5.74, 6) is -1.37. The number of benzene rings is 1. The maximum absolute atomic E-state index is 12.7. The molecule has 88 valence electrons. The lowest BCUT2D eigenvalue weighted by molar-refractivity contribution is -0.138. The highest BCUT2D eigenvalue weighted by Crippen LogP contribution is 2.50. The van der Waals surface area contributed by atoms with E-state index < -0.39 is 28.8 Å². The van der Waals surface area contributed by atoms with Crippen molar-refractivity contribution < 1.29 is 23.4 Å². The molecule has 1 fully saturated rings. The Hall–Kier alpha value is -1.43. The number of halogens is 3. The molecule has 4 N–H and O–H groups in total. The number of alkyl halides is 3. The van der Waals surface area contributed by atoms with E-state index in [1.165, 1.54) is 0 Å². The van der Waals surface area contributed by atoms with Crippen LogP contribution < -0.4 is 5.73 Å². The van der Waals surface area contributed by atoms with Crippen molar-refractivity contribution in [3.05, 3.63) is 23.3 Å². The molecule has 0 saturated heterocycles. The number of hydrogen-bond donors (Lipinski definition) is 3. The third kappa shape index (κ3) is 1.69. The Morgan fingerprint density at radius 3 is 2.06 bits per heavy atom. The van der Waals surface area contributed by atoms with Crippen molar-refractivity contribution in [3.63, 3.8) is 0 Å². The van der Waals surface area contributed by atoms with Gasteiger partial charge in [0.05, 0.1) is 5.56 Å². The molecule has 0 aromatic heterocycles. The Morgan fingerprint density at radius 2 is 1.62 bits per heavy atom. The van der Waals surface area contributed by atoms with Gasteiger partial charge in [-0.15, -0.1) is 0 Å². The molecular weight excluding hydrogens is 223 g/mol. The van der Waals surface area contributed by atoms with Crippen LogP contribution in [0.15, 0.2) is 12.1 Å².